The summed E-state index contributed by atoms with van der Waals surface area (Å²) in [5.41, 5.74) is 1.02. The van der Waals surface area contributed by atoms with Crippen molar-refractivity contribution in [1.29, 1.82) is 0 Å². The zero-order valence-corrected chi connectivity index (χ0v) is 18.3. The number of aromatic nitrogens is 2. The highest BCUT2D eigenvalue weighted by Gasteiger charge is 2.25. The summed E-state index contributed by atoms with van der Waals surface area (Å²) in [6.07, 6.45) is 4.21. The fourth-order valence-corrected chi connectivity index (χ4v) is 3.35. The second-order valence-electron chi connectivity index (χ2n) is 7.81. The van der Waals surface area contributed by atoms with Crippen LogP contribution in [-0.4, -0.2) is 72.7 Å². The highest BCUT2D eigenvalue weighted by Crippen LogP contribution is 2.26. The van der Waals surface area contributed by atoms with E-state index in [1.165, 1.54) is 18.6 Å². The molecule has 9 heteroatoms. The van der Waals surface area contributed by atoms with Crippen LogP contribution in [0.4, 0.5) is 5.69 Å². The van der Waals surface area contributed by atoms with Crippen LogP contribution in [0.3, 0.4) is 0 Å². The Labute approximate surface area is 182 Å². The van der Waals surface area contributed by atoms with Crippen LogP contribution in [-0.2, 0) is 4.74 Å². The predicted molar refractivity (Wildman–Crippen MR) is 116 cm³/mol. The third-order valence-corrected chi connectivity index (χ3v) is 5.28. The summed E-state index contributed by atoms with van der Waals surface area (Å²) in [7, 11) is 3.39. The molecule has 0 bridgehead atoms. The van der Waals surface area contributed by atoms with Gasteiger partial charge in [-0.25, -0.2) is 4.98 Å². The van der Waals surface area contributed by atoms with E-state index in [2.05, 4.69) is 27.5 Å². The molecule has 0 saturated heterocycles. The molecule has 0 fully saturated rings. The summed E-state index contributed by atoms with van der Waals surface area (Å²) in [5, 5.41) is 6.21. The summed E-state index contributed by atoms with van der Waals surface area (Å²) in [5.74, 6) is 0.0554. The summed E-state index contributed by atoms with van der Waals surface area (Å²) in [4.78, 5) is 35.2. The summed E-state index contributed by atoms with van der Waals surface area (Å²) >= 11 is 0. The topological polar surface area (TPSA) is 106 Å². The van der Waals surface area contributed by atoms with Crippen LogP contribution >= 0.6 is 0 Å². The molecule has 2 amide bonds. The smallest absolute Gasteiger partial charge is 0.275 e. The third kappa shape index (κ3) is 5.77. The molecule has 1 aliphatic rings. The Morgan fingerprint density at radius 2 is 2.13 bits per heavy atom. The van der Waals surface area contributed by atoms with Crippen molar-refractivity contribution in [2.24, 2.45) is 5.92 Å². The number of carbonyl (C=O) groups is 2. The van der Waals surface area contributed by atoms with E-state index in [9.17, 15) is 9.59 Å². The molecule has 166 valence electrons. The lowest BCUT2D eigenvalue weighted by Crippen LogP contribution is -2.44. The first-order valence-corrected chi connectivity index (χ1v) is 10.2. The van der Waals surface area contributed by atoms with Crippen molar-refractivity contribution in [2.75, 3.05) is 39.2 Å². The molecular weight excluding hydrogens is 398 g/mol. The Morgan fingerprint density at radius 1 is 1.32 bits per heavy atom. The quantitative estimate of drug-likeness (QED) is 0.770. The number of hydrogen-bond acceptors (Lipinski definition) is 7. The molecule has 2 N–H and O–H groups in total. The molecule has 0 radical (unpaired) electrons. The van der Waals surface area contributed by atoms with Gasteiger partial charge in [0.05, 0.1) is 17.9 Å². The van der Waals surface area contributed by atoms with Crippen molar-refractivity contribution in [3.63, 3.8) is 0 Å². The summed E-state index contributed by atoms with van der Waals surface area (Å²) in [6.45, 7) is 5.71. The van der Waals surface area contributed by atoms with E-state index >= 15 is 0 Å². The van der Waals surface area contributed by atoms with Gasteiger partial charge in [-0.05, 0) is 31.0 Å². The van der Waals surface area contributed by atoms with Gasteiger partial charge in [0.15, 0.2) is 0 Å². The number of nitrogens with one attached hydrogen (secondary N) is 2. The maximum absolute atomic E-state index is 13.2. The van der Waals surface area contributed by atoms with Gasteiger partial charge in [-0.2, -0.15) is 0 Å². The van der Waals surface area contributed by atoms with Crippen LogP contribution in [0, 0.1) is 5.92 Å². The number of methoxy groups -OCH3 is 1. The van der Waals surface area contributed by atoms with Crippen molar-refractivity contribution in [2.45, 2.75) is 26.0 Å². The van der Waals surface area contributed by atoms with Crippen LogP contribution in [0.25, 0.3) is 0 Å². The van der Waals surface area contributed by atoms with Crippen LogP contribution in [0.5, 0.6) is 5.75 Å². The van der Waals surface area contributed by atoms with Gasteiger partial charge in [0.2, 0.25) is 0 Å². The van der Waals surface area contributed by atoms with E-state index in [0.717, 1.165) is 6.54 Å². The first-order valence-electron chi connectivity index (χ1n) is 10.2. The minimum Gasteiger partial charge on any atom is -0.491 e. The number of benzene rings is 1. The second kappa shape index (κ2) is 10.3. The predicted octanol–water partition coefficient (Wildman–Crippen LogP) is 1.82. The van der Waals surface area contributed by atoms with Crippen molar-refractivity contribution < 1.29 is 19.1 Å². The fourth-order valence-electron chi connectivity index (χ4n) is 3.35. The largest absolute Gasteiger partial charge is 0.491 e. The number of hydrogen-bond donors (Lipinski definition) is 2. The monoisotopic (exact) mass is 427 g/mol. The Balaban J connectivity index is 1.88. The van der Waals surface area contributed by atoms with E-state index in [1.54, 1.807) is 37.3 Å². The SMILES string of the molecule is CO[C@H]1CN(C)C(=O)c2cc(NC(=O)c3cnccn3)ccc2OC[C@H](C)NC[C@H]1C. The number of nitrogens with zero attached hydrogens (tertiary/aromatic N) is 3. The molecule has 0 saturated carbocycles. The van der Waals surface area contributed by atoms with E-state index < -0.39 is 5.91 Å². The van der Waals surface area contributed by atoms with Crippen LogP contribution in [0.15, 0.2) is 36.8 Å². The molecule has 2 heterocycles. The van der Waals surface area contributed by atoms with Crippen LogP contribution in [0.1, 0.15) is 34.7 Å². The zero-order chi connectivity index (χ0) is 22.4. The van der Waals surface area contributed by atoms with E-state index in [1.807, 2.05) is 6.92 Å². The van der Waals surface area contributed by atoms with Crippen molar-refractivity contribution in [1.82, 2.24) is 20.2 Å². The molecule has 0 aliphatic carbocycles. The number of carbonyl (C=O) groups excluding carboxylic acids is 2. The number of amides is 2. The molecule has 3 atom stereocenters. The molecule has 31 heavy (non-hydrogen) atoms. The molecule has 1 aromatic heterocycles. The Hall–Kier alpha value is -3.04. The summed E-state index contributed by atoms with van der Waals surface area (Å²) < 4.78 is 11.6. The molecule has 1 aliphatic heterocycles. The first kappa shape index (κ1) is 22.6. The average Bonchev–Trinajstić information content (AvgIpc) is 2.79. The first-order chi connectivity index (χ1) is 14.9. The van der Waals surface area contributed by atoms with Gasteiger partial charge >= 0.3 is 0 Å². The van der Waals surface area contributed by atoms with Crippen LogP contribution in [0.2, 0.25) is 0 Å². The van der Waals surface area contributed by atoms with Crippen molar-refractivity contribution in [3.05, 3.63) is 48.0 Å². The fraction of sp³-hybridized carbons (Fsp3) is 0.455. The average molecular weight is 428 g/mol. The molecule has 2 aromatic rings. The maximum Gasteiger partial charge on any atom is 0.275 e. The molecule has 1 aromatic carbocycles. The lowest BCUT2D eigenvalue weighted by molar-refractivity contribution is 0.0281. The van der Waals surface area contributed by atoms with Gasteiger partial charge in [0, 0.05) is 51.4 Å². The van der Waals surface area contributed by atoms with Crippen molar-refractivity contribution >= 4 is 17.5 Å². The number of rotatable bonds is 3. The lowest BCUT2D eigenvalue weighted by atomic mass is 10.0. The van der Waals surface area contributed by atoms with Crippen molar-refractivity contribution in [3.8, 4) is 5.75 Å². The van der Waals surface area contributed by atoms with Gasteiger partial charge < -0.3 is 25.0 Å². The third-order valence-electron chi connectivity index (χ3n) is 5.28. The standard InChI is InChI=1S/C22H29N5O4/c1-14-10-25-15(2)13-31-19-6-5-16(26-21(28)18-11-23-7-8-24-18)9-17(19)22(29)27(3)12-20(14)30-4/h5-9,11,14-15,20,25H,10,12-13H2,1-4H3,(H,26,28)/t14-,15+,20+/m1/s1. The van der Waals surface area contributed by atoms with Gasteiger partial charge in [-0.1, -0.05) is 6.92 Å². The number of likely N-dealkylation sites (N-methyl/N-ethyl adjacent to an activating group) is 1. The minimum atomic E-state index is -0.408. The minimum absolute atomic E-state index is 0.0936. The highest BCUT2D eigenvalue weighted by atomic mass is 16.5. The van der Waals surface area contributed by atoms with Gasteiger partial charge in [-0.3, -0.25) is 14.6 Å². The number of fused-ring (bicyclic) bond motifs is 1. The second-order valence-corrected chi connectivity index (χ2v) is 7.81. The molecule has 9 nitrogen and oxygen atoms in total. The normalized spacial score (nSPS) is 22.5. The van der Waals surface area contributed by atoms with E-state index in [-0.39, 0.29) is 29.7 Å². The van der Waals surface area contributed by atoms with Gasteiger partial charge in [0.25, 0.3) is 11.8 Å². The van der Waals surface area contributed by atoms with Crippen LogP contribution < -0.4 is 15.4 Å². The summed E-state index contributed by atoms with van der Waals surface area (Å²) in [6, 6.07) is 5.11. The zero-order valence-electron chi connectivity index (χ0n) is 18.3. The molecule has 0 spiro atoms. The molecular formula is C22H29N5O4. The lowest BCUT2D eigenvalue weighted by Gasteiger charge is -2.30. The van der Waals surface area contributed by atoms with E-state index in [4.69, 9.17) is 9.47 Å². The highest BCUT2D eigenvalue weighted by molar-refractivity contribution is 6.04. The molecule has 3 rings (SSSR count). The van der Waals surface area contributed by atoms with Gasteiger partial charge in [-0.15, -0.1) is 0 Å². The Kier molecular flexibility index (Phi) is 7.54. The number of anilines is 1. The molecule has 0 unspecified atom stereocenters. The number of ether oxygens (including phenoxy) is 2. The Bertz CT molecular complexity index is 908. The van der Waals surface area contributed by atoms with Gasteiger partial charge in [0.1, 0.15) is 18.1 Å². The maximum atomic E-state index is 13.2. The van der Waals surface area contributed by atoms with E-state index in [0.29, 0.717) is 30.2 Å². The Morgan fingerprint density at radius 3 is 2.84 bits per heavy atom.